The molecule has 5 aromatic rings. The molecule has 0 aliphatic heterocycles. The van der Waals surface area contributed by atoms with Crippen molar-refractivity contribution in [2.45, 2.75) is 0 Å². The summed E-state index contributed by atoms with van der Waals surface area (Å²) in [4.78, 5) is 8.88. The van der Waals surface area contributed by atoms with Crippen LogP contribution >= 0.6 is 0 Å². The molecule has 0 saturated heterocycles. The number of hydrogen-bond donors (Lipinski definition) is 0. The smallest absolute Gasteiger partial charge is 0.116 e. The largest absolute Gasteiger partial charge is 0.236 e. The van der Waals surface area contributed by atoms with Crippen molar-refractivity contribution in [1.82, 2.24) is 9.97 Å². The van der Waals surface area contributed by atoms with E-state index < -0.39 is 0 Å². The van der Waals surface area contributed by atoms with Gasteiger partial charge in [0.15, 0.2) is 0 Å². The first-order valence-electron chi connectivity index (χ1n) is 9.34. The SMILES string of the molecule is c1ccc(-c2cccc(-c3ccc(-c4ncnc5ccccc45)cc3)c2)cc1. The highest BCUT2D eigenvalue weighted by atomic mass is 14.8. The second-order valence-electron chi connectivity index (χ2n) is 6.76. The predicted molar refractivity (Wildman–Crippen MR) is 116 cm³/mol. The summed E-state index contributed by atoms with van der Waals surface area (Å²) in [7, 11) is 0. The van der Waals surface area contributed by atoms with Gasteiger partial charge >= 0.3 is 0 Å². The molecule has 5 rings (SSSR count). The number of para-hydroxylation sites is 1. The number of rotatable bonds is 3. The molecule has 0 saturated carbocycles. The first-order valence-corrected chi connectivity index (χ1v) is 9.34. The minimum Gasteiger partial charge on any atom is -0.236 e. The van der Waals surface area contributed by atoms with Crippen molar-refractivity contribution in [3.63, 3.8) is 0 Å². The Labute approximate surface area is 164 Å². The molecule has 132 valence electrons. The number of fused-ring (bicyclic) bond motifs is 1. The molecule has 0 unspecified atom stereocenters. The minimum atomic E-state index is 0.965. The van der Waals surface area contributed by atoms with E-state index in [9.17, 15) is 0 Å². The van der Waals surface area contributed by atoms with Crippen LogP contribution in [0.15, 0.2) is 109 Å². The Morgan fingerprint density at radius 1 is 0.429 bits per heavy atom. The van der Waals surface area contributed by atoms with Gasteiger partial charge < -0.3 is 0 Å². The average Bonchev–Trinajstić information content (AvgIpc) is 2.79. The third kappa shape index (κ3) is 3.06. The monoisotopic (exact) mass is 358 g/mol. The van der Waals surface area contributed by atoms with Crippen LogP contribution in [-0.2, 0) is 0 Å². The molecule has 0 bridgehead atoms. The summed E-state index contributed by atoms with van der Waals surface area (Å²) in [5, 5.41) is 1.07. The lowest BCUT2D eigenvalue weighted by Crippen LogP contribution is -1.89. The van der Waals surface area contributed by atoms with E-state index in [1.165, 1.54) is 22.3 Å². The molecule has 4 aromatic carbocycles. The van der Waals surface area contributed by atoms with Gasteiger partial charge in [-0.3, -0.25) is 0 Å². The molecule has 1 heterocycles. The second kappa shape index (κ2) is 7.09. The van der Waals surface area contributed by atoms with E-state index in [0.29, 0.717) is 0 Å². The van der Waals surface area contributed by atoms with Gasteiger partial charge in [-0.05, 0) is 34.4 Å². The van der Waals surface area contributed by atoms with Gasteiger partial charge in [-0.15, -0.1) is 0 Å². The molecule has 28 heavy (non-hydrogen) atoms. The molecule has 2 nitrogen and oxygen atoms in total. The molecule has 0 spiro atoms. The highest BCUT2D eigenvalue weighted by Crippen LogP contribution is 2.30. The second-order valence-corrected chi connectivity index (χ2v) is 6.76. The molecule has 0 N–H and O–H groups in total. The van der Waals surface area contributed by atoms with Gasteiger partial charge in [0.1, 0.15) is 6.33 Å². The summed E-state index contributed by atoms with van der Waals surface area (Å²) in [6.45, 7) is 0. The lowest BCUT2D eigenvalue weighted by atomic mass is 9.97. The van der Waals surface area contributed by atoms with Crippen molar-refractivity contribution < 1.29 is 0 Å². The van der Waals surface area contributed by atoms with Crippen LogP contribution in [0.3, 0.4) is 0 Å². The Kier molecular flexibility index (Phi) is 4.15. The van der Waals surface area contributed by atoms with Crippen LogP contribution in [0.2, 0.25) is 0 Å². The molecule has 1 aromatic heterocycles. The zero-order valence-electron chi connectivity index (χ0n) is 15.3. The Morgan fingerprint density at radius 3 is 1.82 bits per heavy atom. The highest BCUT2D eigenvalue weighted by Gasteiger charge is 2.07. The van der Waals surface area contributed by atoms with Crippen LogP contribution in [0.5, 0.6) is 0 Å². The molecule has 0 aliphatic carbocycles. The third-order valence-corrected chi connectivity index (χ3v) is 5.00. The van der Waals surface area contributed by atoms with Crippen LogP contribution < -0.4 is 0 Å². The van der Waals surface area contributed by atoms with Crippen molar-refractivity contribution in [3.05, 3.63) is 109 Å². The van der Waals surface area contributed by atoms with E-state index in [4.69, 9.17) is 0 Å². The minimum absolute atomic E-state index is 0.965. The topological polar surface area (TPSA) is 25.8 Å². The summed E-state index contributed by atoms with van der Waals surface area (Å²) in [5.74, 6) is 0. The Hall–Kier alpha value is -3.78. The van der Waals surface area contributed by atoms with E-state index in [1.54, 1.807) is 6.33 Å². The van der Waals surface area contributed by atoms with E-state index in [2.05, 4.69) is 88.8 Å². The fraction of sp³-hybridized carbons (Fsp3) is 0. The molecule has 0 fully saturated rings. The number of hydrogen-bond acceptors (Lipinski definition) is 2. The zero-order chi connectivity index (χ0) is 18.8. The van der Waals surface area contributed by atoms with Crippen LogP contribution in [0, 0.1) is 0 Å². The standard InChI is InChI=1S/C26H18N2/c1-2-7-19(8-3-1)22-9-6-10-23(17-22)20-13-15-21(16-14-20)26-24-11-4-5-12-25(24)27-18-28-26/h1-18H. The number of benzene rings is 4. The molecule has 0 radical (unpaired) electrons. The predicted octanol–water partition coefficient (Wildman–Crippen LogP) is 6.63. The van der Waals surface area contributed by atoms with Crippen molar-refractivity contribution in [2.75, 3.05) is 0 Å². The number of nitrogens with zero attached hydrogens (tertiary/aromatic N) is 2. The molecule has 0 amide bonds. The van der Waals surface area contributed by atoms with Crippen LogP contribution in [0.25, 0.3) is 44.4 Å². The van der Waals surface area contributed by atoms with Gasteiger partial charge in [-0.1, -0.05) is 91.0 Å². The van der Waals surface area contributed by atoms with Gasteiger partial charge in [-0.25, -0.2) is 9.97 Å². The van der Waals surface area contributed by atoms with E-state index in [0.717, 1.165) is 22.2 Å². The summed E-state index contributed by atoms with van der Waals surface area (Å²) in [6.07, 6.45) is 1.63. The first kappa shape index (κ1) is 16.4. The summed E-state index contributed by atoms with van der Waals surface area (Å²) in [6, 6.07) is 35.9. The average molecular weight is 358 g/mol. The fourth-order valence-electron chi connectivity index (χ4n) is 3.56. The van der Waals surface area contributed by atoms with Crippen molar-refractivity contribution >= 4 is 10.9 Å². The lowest BCUT2D eigenvalue weighted by Gasteiger charge is -2.08. The Balaban J connectivity index is 1.52. The quantitative estimate of drug-likeness (QED) is 0.362. The van der Waals surface area contributed by atoms with Gasteiger partial charge in [0.2, 0.25) is 0 Å². The zero-order valence-corrected chi connectivity index (χ0v) is 15.3. The van der Waals surface area contributed by atoms with Crippen LogP contribution in [0.1, 0.15) is 0 Å². The number of aromatic nitrogens is 2. The normalized spacial score (nSPS) is 10.9. The van der Waals surface area contributed by atoms with Gasteiger partial charge in [-0.2, -0.15) is 0 Å². The van der Waals surface area contributed by atoms with Crippen LogP contribution in [-0.4, -0.2) is 9.97 Å². The highest BCUT2D eigenvalue weighted by molar-refractivity contribution is 5.92. The summed E-state index contributed by atoms with van der Waals surface area (Å²) < 4.78 is 0. The van der Waals surface area contributed by atoms with Gasteiger partial charge in [0.25, 0.3) is 0 Å². The van der Waals surface area contributed by atoms with Gasteiger partial charge in [0.05, 0.1) is 11.2 Å². The van der Waals surface area contributed by atoms with E-state index in [-0.39, 0.29) is 0 Å². The maximum Gasteiger partial charge on any atom is 0.116 e. The molecule has 0 aliphatic rings. The van der Waals surface area contributed by atoms with Gasteiger partial charge in [0, 0.05) is 10.9 Å². The van der Waals surface area contributed by atoms with Crippen LogP contribution in [0.4, 0.5) is 0 Å². The van der Waals surface area contributed by atoms with E-state index >= 15 is 0 Å². The maximum atomic E-state index is 4.52. The molecular weight excluding hydrogens is 340 g/mol. The lowest BCUT2D eigenvalue weighted by molar-refractivity contribution is 1.22. The first-order chi connectivity index (χ1) is 13.9. The fourth-order valence-corrected chi connectivity index (χ4v) is 3.56. The summed E-state index contributed by atoms with van der Waals surface area (Å²) >= 11 is 0. The Morgan fingerprint density at radius 2 is 1.04 bits per heavy atom. The summed E-state index contributed by atoms with van der Waals surface area (Å²) in [5.41, 5.74) is 7.89. The van der Waals surface area contributed by atoms with Crippen molar-refractivity contribution in [3.8, 4) is 33.5 Å². The third-order valence-electron chi connectivity index (χ3n) is 5.00. The molecule has 2 heteroatoms. The molecule has 0 atom stereocenters. The van der Waals surface area contributed by atoms with Crippen molar-refractivity contribution in [1.29, 1.82) is 0 Å². The van der Waals surface area contributed by atoms with Crippen molar-refractivity contribution in [2.24, 2.45) is 0 Å². The van der Waals surface area contributed by atoms with E-state index in [1.807, 2.05) is 24.3 Å². The maximum absolute atomic E-state index is 4.52. The molecular formula is C26H18N2. The Bertz CT molecular complexity index is 1240.